The second-order valence-electron chi connectivity index (χ2n) is 5.90. The molecule has 0 radical (unpaired) electrons. The minimum Gasteiger partial charge on any atom is -0.481 e. The monoisotopic (exact) mass is 346 g/mol. The Morgan fingerprint density at radius 2 is 1.60 bits per heavy atom. The molecule has 2 N–H and O–H groups in total. The van der Waals surface area contributed by atoms with Crippen LogP contribution in [0.25, 0.3) is 0 Å². The molecule has 140 valence electrons. The molecule has 0 aromatic rings. The van der Waals surface area contributed by atoms with Crippen molar-refractivity contribution in [2.75, 3.05) is 0 Å². The highest BCUT2D eigenvalue weighted by atomic mass is 16.4. The largest absolute Gasteiger partial charge is 0.481 e. The molecule has 0 rings (SSSR count). The first-order chi connectivity index (χ1) is 12.2. The molecule has 0 aliphatic heterocycles. The zero-order valence-electron chi connectivity index (χ0n) is 15.5. The Labute approximate surface area is 153 Å². The van der Waals surface area contributed by atoms with Gasteiger partial charge in [-0.1, -0.05) is 74.1 Å². The van der Waals surface area contributed by atoms with E-state index in [-0.39, 0.29) is 6.42 Å². The highest BCUT2D eigenvalue weighted by Crippen LogP contribution is 2.04. The van der Waals surface area contributed by atoms with Crippen molar-refractivity contribution in [2.24, 2.45) is 0 Å². The zero-order valence-corrected chi connectivity index (χ0v) is 15.5. The number of carboxylic acids is 1. The Balaban J connectivity index is 3.62. The molecular weight excluding hydrogens is 312 g/mol. The number of aliphatic carboxylic acids is 1. The van der Waals surface area contributed by atoms with Gasteiger partial charge in [-0.2, -0.15) is 0 Å². The second-order valence-corrected chi connectivity index (χ2v) is 5.90. The maximum absolute atomic E-state index is 10.4. The Kier molecular flexibility index (Phi) is 17.1. The maximum atomic E-state index is 10.4. The van der Waals surface area contributed by atoms with Crippen molar-refractivity contribution in [3.05, 3.63) is 60.8 Å². The molecule has 0 aromatic carbocycles. The van der Waals surface area contributed by atoms with E-state index in [4.69, 9.17) is 5.11 Å². The smallest absolute Gasteiger partial charge is 0.303 e. The lowest BCUT2D eigenvalue weighted by atomic mass is 10.1. The van der Waals surface area contributed by atoms with E-state index < -0.39 is 12.1 Å². The number of hydrogen-bond donors (Lipinski definition) is 2. The number of carboxylic acid groups (broad SMARTS) is 1. The number of rotatable bonds is 15. The Bertz CT molecular complexity index is 456. The van der Waals surface area contributed by atoms with Crippen LogP contribution in [0.4, 0.5) is 0 Å². The van der Waals surface area contributed by atoms with Gasteiger partial charge in [0.2, 0.25) is 0 Å². The van der Waals surface area contributed by atoms with E-state index in [0.717, 1.165) is 44.9 Å². The molecule has 1 unspecified atom stereocenters. The lowest BCUT2D eigenvalue weighted by Crippen LogP contribution is -1.98. The molecule has 3 nitrogen and oxygen atoms in total. The van der Waals surface area contributed by atoms with E-state index in [1.165, 1.54) is 0 Å². The Hall–Kier alpha value is -1.87. The van der Waals surface area contributed by atoms with Crippen molar-refractivity contribution in [2.45, 2.75) is 70.8 Å². The molecule has 3 heteroatoms. The lowest BCUT2D eigenvalue weighted by Gasteiger charge is -1.98. The van der Waals surface area contributed by atoms with Gasteiger partial charge in [0.1, 0.15) is 0 Å². The van der Waals surface area contributed by atoms with Gasteiger partial charge in [-0.25, -0.2) is 0 Å². The van der Waals surface area contributed by atoms with Gasteiger partial charge >= 0.3 is 5.97 Å². The first kappa shape index (κ1) is 23.1. The summed E-state index contributed by atoms with van der Waals surface area (Å²) in [5.41, 5.74) is 0. The fourth-order valence-corrected chi connectivity index (χ4v) is 2.11. The Morgan fingerprint density at radius 3 is 2.36 bits per heavy atom. The number of carbonyl (C=O) groups is 1. The normalized spacial score (nSPS) is 14.0. The summed E-state index contributed by atoms with van der Waals surface area (Å²) in [6.45, 7) is 2.11. The molecule has 0 fully saturated rings. The molecule has 0 heterocycles. The number of unbranched alkanes of at least 4 members (excludes halogenated alkanes) is 3. The third-order valence-corrected chi connectivity index (χ3v) is 3.50. The first-order valence-corrected chi connectivity index (χ1v) is 9.35. The van der Waals surface area contributed by atoms with Crippen molar-refractivity contribution in [3.8, 4) is 0 Å². The Morgan fingerprint density at radius 1 is 0.880 bits per heavy atom. The van der Waals surface area contributed by atoms with Crippen molar-refractivity contribution < 1.29 is 15.0 Å². The molecule has 25 heavy (non-hydrogen) atoms. The van der Waals surface area contributed by atoms with E-state index in [0.29, 0.717) is 6.42 Å². The fraction of sp³-hybridized carbons (Fsp3) is 0.500. The molecule has 0 bridgehead atoms. The summed E-state index contributed by atoms with van der Waals surface area (Å²) in [6.07, 6.45) is 27.4. The average molecular weight is 347 g/mol. The fourth-order valence-electron chi connectivity index (χ4n) is 2.11. The number of allylic oxidation sites excluding steroid dienone is 8. The summed E-state index contributed by atoms with van der Waals surface area (Å²) < 4.78 is 0. The minimum atomic E-state index is -0.709. The topological polar surface area (TPSA) is 57.5 Å². The molecule has 0 amide bonds. The molecule has 0 aromatic heterocycles. The molecule has 0 aliphatic carbocycles. The molecule has 0 aliphatic rings. The van der Waals surface area contributed by atoms with Crippen LogP contribution in [0.5, 0.6) is 0 Å². The summed E-state index contributed by atoms with van der Waals surface area (Å²) in [4.78, 5) is 10.4. The number of aliphatic hydroxyl groups excluding tert-OH is 1. The van der Waals surface area contributed by atoms with Gasteiger partial charge in [0.15, 0.2) is 0 Å². The van der Waals surface area contributed by atoms with Crippen molar-refractivity contribution in [3.63, 3.8) is 0 Å². The van der Waals surface area contributed by atoms with Crippen LogP contribution < -0.4 is 0 Å². The maximum Gasteiger partial charge on any atom is 0.303 e. The molecule has 0 spiro atoms. The molecule has 0 saturated heterocycles. The minimum absolute atomic E-state index is 0.274. The van der Waals surface area contributed by atoms with E-state index in [9.17, 15) is 9.90 Å². The van der Waals surface area contributed by atoms with Crippen LogP contribution in [0.2, 0.25) is 0 Å². The van der Waals surface area contributed by atoms with Gasteiger partial charge < -0.3 is 10.2 Å². The number of hydrogen-bond acceptors (Lipinski definition) is 2. The summed E-state index contributed by atoms with van der Waals surface area (Å²) in [7, 11) is 0. The van der Waals surface area contributed by atoms with E-state index >= 15 is 0 Å². The second kappa shape index (κ2) is 18.5. The summed E-state index contributed by atoms with van der Waals surface area (Å²) in [5, 5.41) is 18.3. The van der Waals surface area contributed by atoms with Crippen LogP contribution in [-0.2, 0) is 4.79 Å². The van der Waals surface area contributed by atoms with E-state index in [1.54, 1.807) is 6.08 Å². The van der Waals surface area contributed by atoms with Crippen LogP contribution in [0.1, 0.15) is 64.7 Å². The number of aliphatic hydroxyl groups is 1. The van der Waals surface area contributed by atoms with Gasteiger partial charge in [-0.15, -0.1) is 0 Å². The highest BCUT2D eigenvalue weighted by molar-refractivity contribution is 5.66. The van der Waals surface area contributed by atoms with Crippen LogP contribution in [0.15, 0.2) is 60.8 Å². The molecule has 0 saturated carbocycles. The van der Waals surface area contributed by atoms with Gasteiger partial charge in [-0.05, 0) is 44.9 Å². The van der Waals surface area contributed by atoms with Crippen molar-refractivity contribution in [1.29, 1.82) is 0 Å². The zero-order chi connectivity index (χ0) is 18.6. The predicted molar refractivity (Wildman–Crippen MR) is 107 cm³/mol. The van der Waals surface area contributed by atoms with Gasteiger partial charge in [-0.3, -0.25) is 4.79 Å². The van der Waals surface area contributed by atoms with Gasteiger partial charge in [0.25, 0.3) is 0 Å². The van der Waals surface area contributed by atoms with E-state index in [2.05, 4.69) is 43.4 Å². The summed E-state index contributed by atoms with van der Waals surface area (Å²) in [5.74, 6) is -0.709. The SMILES string of the molecule is CC/C=C/C/C=C/CC(O)/C=C/C=C/C/C=C/CCCCCC(=O)O. The first-order valence-electron chi connectivity index (χ1n) is 9.35. The molecule has 1 atom stereocenters. The van der Waals surface area contributed by atoms with Crippen LogP contribution >= 0.6 is 0 Å². The predicted octanol–water partition coefficient (Wildman–Crippen LogP) is 5.74. The molecular formula is C22H34O3. The third kappa shape index (κ3) is 20.1. The average Bonchev–Trinajstić information content (AvgIpc) is 2.58. The quantitative estimate of drug-likeness (QED) is 0.226. The van der Waals surface area contributed by atoms with E-state index in [1.807, 2.05) is 18.2 Å². The van der Waals surface area contributed by atoms with Crippen molar-refractivity contribution >= 4 is 5.97 Å². The summed E-state index contributed by atoms with van der Waals surface area (Å²) in [6, 6.07) is 0. The highest BCUT2D eigenvalue weighted by Gasteiger charge is 1.95. The van der Waals surface area contributed by atoms with Crippen LogP contribution in [0.3, 0.4) is 0 Å². The van der Waals surface area contributed by atoms with Gasteiger partial charge in [0, 0.05) is 6.42 Å². The standard InChI is InChI=1S/C22H34O3/c1-2-3-4-5-12-15-18-21(23)19-16-13-10-8-6-7-9-11-14-17-20-22(24)25/h3-4,6-7,10,12-13,15-16,19,21,23H,2,5,8-9,11,14,17-18,20H2,1H3,(H,24,25)/b4-3+,7-6+,13-10+,15-12+,19-16+. The lowest BCUT2D eigenvalue weighted by molar-refractivity contribution is -0.137. The third-order valence-electron chi connectivity index (χ3n) is 3.50. The van der Waals surface area contributed by atoms with Crippen LogP contribution in [0, 0.1) is 0 Å². The van der Waals surface area contributed by atoms with Crippen LogP contribution in [-0.4, -0.2) is 22.3 Å². The van der Waals surface area contributed by atoms with Crippen molar-refractivity contribution in [1.82, 2.24) is 0 Å². The van der Waals surface area contributed by atoms with Gasteiger partial charge in [0.05, 0.1) is 6.10 Å². The summed E-state index contributed by atoms with van der Waals surface area (Å²) >= 11 is 0.